The predicted octanol–water partition coefficient (Wildman–Crippen LogP) is 2.79. The fourth-order valence-corrected chi connectivity index (χ4v) is 2.91. The number of hydrogen-bond donors (Lipinski definition) is 2. The number of furan rings is 1. The van der Waals surface area contributed by atoms with E-state index in [4.69, 9.17) is 4.42 Å². The third-order valence-corrected chi connectivity index (χ3v) is 4.31. The summed E-state index contributed by atoms with van der Waals surface area (Å²) in [7, 11) is -3.10. The molecule has 1 unspecified atom stereocenters. The molecule has 0 spiro atoms. The Kier molecular flexibility index (Phi) is 5.43. The molecule has 5 nitrogen and oxygen atoms in total. The van der Waals surface area contributed by atoms with Gasteiger partial charge < -0.3 is 9.73 Å². The third-order valence-electron chi connectivity index (χ3n) is 3.09. The van der Waals surface area contributed by atoms with Gasteiger partial charge in [-0.25, -0.2) is 13.1 Å². The fourth-order valence-electron chi connectivity index (χ4n) is 2.01. The van der Waals surface area contributed by atoms with Gasteiger partial charge >= 0.3 is 0 Å². The van der Waals surface area contributed by atoms with E-state index in [1.807, 2.05) is 31.2 Å². The summed E-state index contributed by atoms with van der Waals surface area (Å²) in [6.07, 6.45) is 1.89. The van der Waals surface area contributed by atoms with Gasteiger partial charge in [0.05, 0.1) is 12.3 Å². The fraction of sp³-hybridized carbons (Fsp3) is 0.429. The Morgan fingerprint density at radius 2 is 2.05 bits per heavy atom. The predicted molar refractivity (Wildman–Crippen MR) is 87.8 cm³/mol. The second kappa shape index (κ2) is 6.91. The van der Waals surface area contributed by atoms with E-state index in [-0.39, 0.29) is 6.04 Å². The van der Waals surface area contributed by atoms with Crippen LogP contribution in [0.15, 0.2) is 33.2 Å². The Hall–Kier alpha value is -0.890. The van der Waals surface area contributed by atoms with Crippen molar-refractivity contribution in [2.75, 3.05) is 19.3 Å². The monoisotopic (exact) mass is 374 g/mol. The summed E-state index contributed by atoms with van der Waals surface area (Å²) in [6, 6.07) is 8.00. The van der Waals surface area contributed by atoms with E-state index in [0.717, 1.165) is 33.9 Å². The van der Waals surface area contributed by atoms with Crippen LogP contribution in [0.1, 0.15) is 25.1 Å². The average Bonchev–Trinajstić information content (AvgIpc) is 2.79. The van der Waals surface area contributed by atoms with Gasteiger partial charge in [0.2, 0.25) is 10.0 Å². The zero-order valence-corrected chi connectivity index (χ0v) is 14.4. The first-order valence-electron chi connectivity index (χ1n) is 6.72. The third kappa shape index (κ3) is 5.10. The molecular weight excluding hydrogens is 356 g/mol. The van der Waals surface area contributed by atoms with E-state index in [9.17, 15) is 8.42 Å². The lowest BCUT2D eigenvalue weighted by Gasteiger charge is -2.11. The van der Waals surface area contributed by atoms with Gasteiger partial charge in [-0.1, -0.05) is 15.9 Å². The van der Waals surface area contributed by atoms with E-state index in [2.05, 4.69) is 26.0 Å². The minimum absolute atomic E-state index is 0.0782. The van der Waals surface area contributed by atoms with Crippen molar-refractivity contribution >= 4 is 36.9 Å². The molecule has 2 rings (SSSR count). The topological polar surface area (TPSA) is 71.3 Å². The summed E-state index contributed by atoms with van der Waals surface area (Å²) in [6.45, 7) is 3.17. The summed E-state index contributed by atoms with van der Waals surface area (Å²) >= 11 is 3.44. The number of sulfonamides is 1. The highest BCUT2D eigenvalue weighted by atomic mass is 79.9. The molecule has 0 saturated heterocycles. The highest BCUT2D eigenvalue weighted by molar-refractivity contribution is 9.10. The molecule has 7 heteroatoms. The molecular formula is C14H19BrN2O3S. The normalized spacial score (nSPS) is 13.7. The van der Waals surface area contributed by atoms with Crippen LogP contribution in [0.2, 0.25) is 0 Å². The van der Waals surface area contributed by atoms with Crippen molar-refractivity contribution in [3.05, 3.63) is 34.5 Å². The van der Waals surface area contributed by atoms with Gasteiger partial charge in [0.1, 0.15) is 11.3 Å². The molecule has 0 aliphatic heterocycles. The summed E-state index contributed by atoms with van der Waals surface area (Å²) < 4.78 is 31.1. The lowest BCUT2D eigenvalue weighted by molar-refractivity contribution is 0.448. The average molecular weight is 375 g/mol. The lowest BCUT2D eigenvalue weighted by Crippen LogP contribution is -2.27. The molecule has 0 aliphatic rings. The van der Waals surface area contributed by atoms with Crippen LogP contribution in [0.5, 0.6) is 0 Å². The molecule has 116 valence electrons. The number of nitrogens with one attached hydrogen (secondary N) is 2. The molecule has 21 heavy (non-hydrogen) atoms. The standard InChI is InChI=1S/C14H19BrN2O3S/c1-10(16-6-3-7-17-21(2,18)19)14-9-11-8-12(15)4-5-13(11)20-14/h4-5,8-10,16-17H,3,6-7H2,1-2H3. The van der Waals surface area contributed by atoms with Crippen molar-refractivity contribution in [3.8, 4) is 0 Å². The van der Waals surface area contributed by atoms with Gasteiger partial charge in [0.25, 0.3) is 0 Å². The molecule has 1 heterocycles. The zero-order valence-electron chi connectivity index (χ0n) is 12.0. The smallest absolute Gasteiger partial charge is 0.208 e. The van der Waals surface area contributed by atoms with Crippen molar-refractivity contribution in [2.45, 2.75) is 19.4 Å². The van der Waals surface area contributed by atoms with E-state index in [1.54, 1.807) is 0 Å². The second-order valence-corrected chi connectivity index (χ2v) is 7.78. The lowest BCUT2D eigenvalue weighted by atomic mass is 10.2. The Morgan fingerprint density at radius 3 is 2.76 bits per heavy atom. The first kappa shape index (κ1) is 16.5. The Bertz CT molecular complexity index is 712. The Labute approximate surface area is 133 Å². The van der Waals surface area contributed by atoms with E-state index in [0.29, 0.717) is 13.1 Å². The van der Waals surface area contributed by atoms with Crippen molar-refractivity contribution in [1.82, 2.24) is 10.0 Å². The summed E-state index contributed by atoms with van der Waals surface area (Å²) in [5.74, 6) is 0.874. The molecule has 0 bridgehead atoms. The van der Waals surface area contributed by atoms with Crippen LogP contribution in [0.3, 0.4) is 0 Å². The molecule has 1 aromatic carbocycles. The van der Waals surface area contributed by atoms with Crippen LogP contribution in [0, 0.1) is 0 Å². The van der Waals surface area contributed by atoms with E-state index >= 15 is 0 Å². The quantitative estimate of drug-likeness (QED) is 0.730. The number of benzene rings is 1. The molecule has 2 aromatic rings. The van der Waals surface area contributed by atoms with Crippen molar-refractivity contribution in [1.29, 1.82) is 0 Å². The maximum atomic E-state index is 10.9. The van der Waals surface area contributed by atoms with Crippen LogP contribution in [0.25, 0.3) is 11.0 Å². The summed E-state index contributed by atoms with van der Waals surface area (Å²) in [5.41, 5.74) is 0.862. The van der Waals surface area contributed by atoms with Gasteiger partial charge in [0, 0.05) is 16.4 Å². The molecule has 0 saturated carbocycles. The maximum absolute atomic E-state index is 10.9. The number of halogens is 1. The number of hydrogen-bond acceptors (Lipinski definition) is 4. The molecule has 0 amide bonds. The summed E-state index contributed by atoms with van der Waals surface area (Å²) in [5, 5.41) is 4.38. The van der Waals surface area contributed by atoms with Crippen LogP contribution in [0.4, 0.5) is 0 Å². The highest BCUT2D eigenvalue weighted by Crippen LogP contribution is 2.26. The molecule has 2 N–H and O–H groups in total. The van der Waals surface area contributed by atoms with Gasteiger partial charge in [-0.3, -0.25) is 0 Å². The Balaban J connectivity index is 1.86. The van der Waals surface area contributed by atoms with E-state index in [1.165, 1.54) is 0 Å². The minimum atomic E-state index is -3.10. The SMILES string of the molecule is CC(NCCCNS(C)(=O)=O)c1cc2cc(Br)ccc2o1. The summed E-state index contributed by atoms with van der Waals surface area (Å²) in [4.78, 5) is 0. The van der Waals surface area contributed by atoms with Gasteiger partial charge in [-0.05, 0) is 44.2 Å². The molecule has 1 aromatic heterocycles. The van der Waals surface area contributed by atoms with Crippen LogP contribution < -0.4 is 10.0 Å². The number of fused-ring (bicyclic) bond motifs is 1. The van der Waals surface area contributed by atoms with E-state index < -0.39 is 10.0 Å². The molecule has 0 aliphatic carbocycles. The molecule has 0 fully saturated rings. The van der Waals surface area contributed by atoms with Crippen LogP contribution in [-0.2, 0) is 10.0 Å². The van der Waals surface area contributed by atoms with Crippen LogP contribution >= 0.6 is 15.9 Å². The van der Waals surface area contributed by atoms with Crippen molar-refractivity contribution in [2.24, 2.45) is 0 Å². The largest absolute Gasteiger partial charge is 0.459 e. The van der Waals surface area contributed by atoms with Gasteiger partial charge in [-0.15, -0.1) is 0 Å². The zero-order chi connectivity index (χ0) is 15.5. The Morgan fingerprint density at radius 1 is 1.29 bits per heavy atom. The first-order chi connectivity index (χ1) is 9.85. The molecule has 0 radical (unpaired) electrons. The van der Waals surface area contributed by atoms with Gasteiger partial charge in [0.15, 0.2) is 0 Å². The van der Waals surface area contributed by atoms with Crippen molar-refractivity contribution < 1.29 is 12.8 Å². The highest BCUT2D eigenvalue weighted by Gasteiger charge is 2.11. The van der Waals surface area contributed by atoms with Gasteiger partial charge in [-0.2, -0.15) is 0 Å². The first-order valence-corrected chi connectivity index (χ1v) is 9.40. The maximum Gasteiger partial charge on any atom is 0.208 e. The second-order valence-electron chi connectivity index (χ2n) is 5.03. The van der Waals surface area contributed by atoms with Crippen LogP contribution in [-0.4, -0.2) is 27.8 Å². The minimum Gasteiger partial charge on any atom is -0.459 e. The number of rotatable bonds is 7. The van der Waals surface area contributed by atoms with Crippen molar-refractivity contribution in [3.63, 3.8) is 0 Å². The molecule has 1 atom stereocenters.